The van der Waals surface area contributed by atoms with Crippen molar-refractivity contribution in [2.24, 2.45) is 0 Å². The second-order valence-electron chi connectivity index (χ2n) is 5.21. The van der Waals surface area contributed by atoms with Crippen LogP contribution in [0.1, 0.15) is 11.5 Å². The van der Waals surface area contributed by atoms with Crippen molar-refractivity contribution in [2.75, 3.05) is 19.4 Å². The van der Waals surface area contributed by atoms with Crippen LogP contribution < -0.4 is 10.1 Å². The summed E-state index contributed by atoms with van der Waals surface area (Å²) in [7, 11) is -3.21. The van der Waals surface area contributed by atoms with E-state index in [1.807, 2.05) is 0 Å². The fourth-order valence-electron chi connectivity index (χ4n) is 1.98. The van der Waals surface area contributed by atoms with Crippen molar-refractivity contribution < 1.29 is 26.4 Å². The Morgan fingerprint density at radius 2 is 1.84 bits per heavy atom. The van der Waals surface area contributed by atoms with Crippen molar-refractivity contribution in [1.82, 2.24) is 5.32 Å². The third-order valence-electron chi connectivity index (χ3n) is 3.17. The fraction of sp³-hybridized carbons (Fsp3) is 0.375. The number of nitrogens with one attached hydrogen (secondary N) is 1. The van der Waals surface area contributed by atoms with Crippen LogP contribution in [0.15, 0.2) is 45.7 Å². The Morgan fingerprint density at radius 3 is 2.48 bits per heavy atom. The molecule has 1 aromatic carbocycles. The largest absolute Gasteiger partial charge is 0.492 e. The Morgan fingerprint density at radius 1 is 1.16 bits per heavy atom. The standard InChI is InChI=1S/C16H19F2NO4S2/c1-25(20,21)15-6-4-12(5-7-15)22-9-8-19-10-13-2-3-14(23-13)11-24-16(17)18/h2-7,16,19H,8-11H2,1H3. The molecular formula is C16H19F2NO4S2. The number of furan rings is 1. The maximum Gasteiger partial charge on any atom is 0.284 e. The number of alkyl halides is 2. The molecule has 2 rings (SSSR count). The first-order valence-electron chi connectivity index (χ1n) is 7.45. The van der Waals surface area contributed by atoms with E-state index in [1.54, 1.807) is 24.3 Å². The summed E-state index contributed by atoms with van der Waals surface area (Å²) < 4.78 is 57.8. The molecule has 0 saturated heterocycles. The van der Waals surface area contributed by atoms with Crippen molar-refractivity contribution in [3.8, 4) is 5.75 Å². The zero-order chi connectivity index (χ0) is 18.3. The molecule has 0 amide bonds. The van der Waals surface area contributed by atoms with Crippen LogP contribution in [0.2, 0.25) is 0 Å². The van der Waals surface area contributed by atoms with Crippen molar-refractivity contribution in [3.05, 3.63) is 47.9 Å². The minimum atomic E-state index is -3.21. The molecule has 1 aromatic heterocycles. The Hall–Kier alpha value is -1.58. The number of hydrogen-bond acceptors (Lipinski definition) is 6. The number of thioether (sulfide) groups is 1. The van der Waals surface area contributed by atoms with Gasteiger partial charge in [0.05, 0.1) is 17.2 Å². The Kier molecular flexibility index (Phi) is 7.27. The average molecular weight is 391 g/mol. The van der Waals surface area contributed by atoms with Gasteiger partial charge in [0.25, 0.3) is 5.76 Å². The van der Waals surface area contributed by atoms with Gasteiger partial charge in [-0.25, -0.2) is 8.42 Å². The molecule has 0 saturated carbocycles. The Balaban J connectivity index is 1.66. The molecule has 5 nitrogen and oxygen atoms in total. The molecule has 9 heteroatoms. The third-order valence-corrected chi connectivity index (χ3v) is 5.00. The summed E-state index contributed by atoms with van der Waals surface area (Å²) >= 11 is 0.525. The van der Waals surface area contributed by atoms with E-state index in [2.05, 4.69) is 5.32 Å². The van der Waals surface area contributed by atoms with Gasteiger partial charge in [0, 0.05) is 12.8 Å². The molecule has 25 heavy (non-hydrogen) atoms. The van der Waals surface area contributed by atoms with Crippen molar-refractivity contribution in [1.29, 1.82) is 0 Å². The van der Waals surface area contributed by atoms with Crippen LogP contribution in [-0.2, 0) is 22.1 Å². The summed E-state index contributed by atoms with van der Waals surface area (Å²) in [5.74, 6) is -0.495. The maximum atomic E-state index is 12.1. The maximum absolute atomic E-state index is 12.1. The zero-order valence-electron chi connectivity index (χ0n) is 13.6. The second-order valence-corrected chi connectivity index (χ2v) is 8.20. The van der Waals surface area contributed by atoms with Crippen LogP contribution in [-0.4, -0.2) is 33.6 Å². The van der Waals surface area contributed by atoms with E-state index in [0.29, 0.717) is 48.7 Å². The quantitative estimate of drug-likeness (QED) is 0.627. The van der Waals surface area contributed by atoms with E-state index >= 15 is 0 Å². The molecule has 2 aromatic rings. The highest BCUT2D eigenvalue weighted by molar-refractivity contribution is 7.98. The minimum absolute atomic E-state index is 0.143. The van der Waals surface area contributed by atoms with Gasteiger partial charge in [0.15, 0.2) is 9.84 Å². The van der Waals surface area contributed by atoms with Crippen molar-refractivity contribution in [3.63, 3.8) is 0 Å². The lowest BCUT2D eigenvalue weighted by Crippen LogP contribution is -2.20. The molecule has 0 unspecified atom stereocenters. The van der Waals surface area contributed by atoms with Crippen molar-refractivity contribution in [2.45, 2.75) is 23.0 Å². The highest BCUT2D eigenvalue weighted by Gasteiger charge is 2.08. The van der Waals surface area contributed by atoms with E-state index in [4.69, 9.17) is 9.15 Å². The zero-order valence-corrected chi connectivity index (χ0v) is 15.2. The van der Waals surface area contributed by atoms with Gasteiger partial charge in [-0.05, 0) is 36.4 Å². The number of ether oxygens (including phenoxy) is 1. The van der Waals surface area contributed by atoms with Gasteiger partial charge in [-0.3, -0.25) is 0 Å². The van der Waals surface area contributed by atoms with Gasteiger partial charge in [0.1, 0.15) is 23.9 Å². The molecule has 0 radical (unpaired) electrons. The van der Waals surface area contributed by atoms with E-state index in [-0.39, 0.29) is 10.6 Å². The molecule has 0 aliphatic carbocycles. The van der Waals surface area contributed by atoms with Gasteiger partial charge in [0.2, 0.25) is 0 Å². The minimum Gasteiger partial charge on any atom is -0.492 e. The van der Waals surface area contributed by atoms with E-state index in [1.165, 1.54) is 12.1 Å². The lowest BCUT2D eigenvalue weighted by atomic mass is 10.3. The first kappa shape index (κ1) is 19.7. The lowest BCUT2D eigenvalue weighted by molar-refractivity contribution is 0.251. The van der Waals surface area contributed by atoms with Crippen LogP contribution in [0.3, 0.4) is 0 Å². The topological polar surface area (TPSA) is 68.5 Å². The molecule has 0 aliphatic rings. The number of hydrogen-bond donors (Lipinski definition) is 1. The number of rotatable bonds is 10. The summed E-state index contributed by atoms with van der Waals surface area (Å²) in [5.41, 5.74) is 0. The van der Waals surface area contributed by atoms with Gasteiger partial charge in [-0.1, -0.05) is 11.8 Å². The smallest absolute Gasteiger partial charge is 0.284 e. The fourth-order valence-corrected chi connectivity index (χ4v) is 3.05. The molecule has 1 heterocycles. The van der Waals surface area contributed by atoms with Crippen LogP contribution >= 0.6 is 11.8 Å². The molecule has 138 valence electrons. The van der Waals surface area contributed by atoms with Crippen LogP contribution in [0.25, 0.3) is 0 Å². The monoisotopic (exact) mass is 391 g/mol. The van der Waals surface area contributed by atoms with Crippen LogP contribution in [0.4, 0.5) is 8.78 Å². The molecular weight excluding hydrogens is 372 g/mol. The summed E-state index contributed by atoms with van der Waals surface area (Å²) in [6, 6.07) is 9.65. The van der Waals surface area contributed by atoms with E-state index in [0.717, 1.165) is 6.26 Å². The van der Waals surface area contributed by atoms with Gasteiger partial charge >= 0.3 is 0 Å². The second kappa shape index (κ2) is 9.21. The van der Waals surface area contributed by atoms with Crippen LogP contribution in [0, 0.1) is 0 Å². The molecule has 1 N–H and O–H groups in total. The normalized spacial score (nSPS) is 11.8. The van der Waals surface area contributed by atoms with Gasteiger partial charge in [-0.2, -0.15) is 8.78 Å². The molecule has 0 spiro atoms. The number of benzene rings is 1. The van der Waals surface area contributed by atoms with Gasteiger partial charge < -0.3 is 14.5 Å². The predicted molar refractivity (Wildman–Crippen MR) is 92.8 cm³/mol. The average Bonchev–Trinajstić information content (AvgIpc) is 3.00. The molecule has 0 bridgehead atoms. The summed E-state index contributed by atoms with van der Waals surface area (Å²) in [4.78, 5) is 0.247. The molecule has 0 atom stereocenters. The highest BCUT2D eigenvalue weighted by Crippen LogP contribution is 2.21. The summed E-state index contributed by atoms with van der Waals surface area (Å²) in [6.45, 7) is 1.42. The molecule has 0 aliphatic heterocycles. The Labute approximate surface area is 149 Å². The lowest BCUT2D eigenvalue weighted by Gasteiger charge is -2.07. The number of halogens is 2. The van der Waals surface area contributed by atoms with E-state index in [9.17, 15) is 17.2 Å². The van der Waals surface area contributed by atoms with Crippen LogP contribution in [0.5, 0.6) is 5.75 Å². The summed E-state index contributed by atoms with van der Waals surface area (Å²) in [5, 5.41) is 3.12. The molecule has 0 fully saturated rings. The summed E-state index contributed by atoms with van der Waals surface area (Å²) in [6.07, 6.45) is 1.15. The van der Waals surface area contributed by atoms with Crippen molar-refractivity contribution >= 4 is 21.6 Å². The van der Waals surface area contributed by atoms with E-state index < -0.39 is 15.6 Å². The van der Waals surface area contributed by atoms with Gasteiger partial charge in [-0.15, -0.1) is 0 Å². The Bertz CT molecular complexity index is 761. The first-order chi connectivity index (χ1) is 11.8. The predicted octanol–water partition coefficient (Wildman–Crippen LogP) is 3.31. The third kappa shape index (κ3) is 7.05. The first-order valence-corrected chi connectivity index (χ1v) is 10.4. The SMILES string of the molecule is CS(=O)(=O)c1ccc(OCCNCc2ccc(CSC(F)F)o2)cc1. The number of sulfone groups is 1. The highest BCUT2D eigenvalue weighted by atomic mass is 32.2.